The first kappa shape index (κ1) is 12.4. The number of nitrogens with two attached hydrogens (primary N) is 1. The van der Waals surface area contributed by atoms with Crippen molar-refractivity contribution in [2.45, 2.75) is 32.4 Å². The van der Waals surface area contributed by atoms with Crippen molar-refractivity contribution >= 4 is 17.0 Å². The van der Waals surface area contributed by atoms with Crippen molar-refractivity contribution in [3.63, 3.8) is 0 Å². The van der Waals surface area contributed by atoms with Crippen molar-refractivity contribution in [3.05, 3.63) is 23.8 Å². The quantitative estimate of drug-likeness (QED) is 0.855. The fourth-order valence-corrected chi connectivity index (χ4v) is 1.95. The summed E-state index contributed by atoms with van der Waals surface area (Å²) in [4.78, 5) is 4.26. The number of aromatic nitrogens is 2. The maximum atomic E-state index is 9.86. The average molecular weight is 244 g/mol. The Labute approximate surface area is 105 Å². The second-order valence-corrected chi connectivity index (χ2v) is 5.03. The molecule has 0 unspecified atom stereocenters. The molecule has 0 bridgehead atoms. The van der Waals surface area contributed by atoms with E-state index in [2.05, 4.69) is 11.1 Å². The van der Waals surface area contributed by atoms with Gasteiger partial charge < -0.3 is 15.4 Å². The summed E-state index contributed by atoms with van der Waals surface area (Å²) in [5.74, 6) is 0.376. The molecule has 0 aliphatic rings. The minimum Gasteiger partial charge on any atom is -0.389 e. The van der Waals surface area contributed by atoms with Crippen LogP contribution in [0.25, 0.3) is 11.0 Å². The van der Waals surface area contributed by atoms with E-state index in [-0.39, 0.29) is 0 Å². The van der Waals surface area contributed by atoms with Crippen LogP contribution >= 0.6 is 0 Å². The van der Waals surface area contributed by atoms with Crippen molar-refractivity contribution in [1.29, 1.82) is 5.26 Å². The highest BCUT2D eigenvalue weighted by atomic mass is 16.3. The molecule has 1 aromatic carbocycles. The maximum absolute atomic E-state index is 9.86. The standard InChI is InChI=1S/C13H16N4O/c1-13(2,18)8-17-11-4-3-9(5-6-14)7-10(11)16-12(17)15/h3-4,7,18H,5,8H2,1-2H3,(H2,15,16). The molecular formula is C13H16N4O. The van der Waals surface area contributed by atoms with Gasteiger partial charge in [0.2, 0.25) is 5.95 Å². The normalized spacial score (nSPS) is 11.7. The zero-order valence-electron chi connectivity index (χ0n) is 10.5. The first-order valence-corrected chi connectivity index (χ1v) is 5.75. The Balaban J connectivity index is 2.49. The van der Waals surface area contributed by atoms with Gasteiger partial charge in [-0.3, -0.25) is 0 Å². The van der Waals surface area contributed by atoms with Crippen LogP contribution < -0.4 is 5.73 Å². The number of anilines is 1. The maximum Gasteiger partial charge on any atom is 0.201 e. The summed E-state index contributed by atoms with van der Waals surface area (Å²) >= 11 is 0. The van der Waals surface area contributed by atoms with Crippen LogP contribution in [0.1, 0.15) is 19.4 Å². The number of imidazole rings is 1. The summed E-state index contributed by atoms with van der Waals surface area (Å²) in [6, 6.07) is 7.73. The molecule has 0 amide bonds. The number of aliphatic hydroxyl groups is 1. The summed E-state index contributed by atoms with van der Waals surface area (Å²) in [6.07, 6.45) is 0.355. The third-order valence-corrected chi connectivity index (χ3v) is 2.67. The molecule has 0 saturated carbocycles. The van der Waals surface area contributed by atoms with Gasteiger partial charge in [0.05, 0.1) is 35.7 Å². The lowest BCUT2D eigenvalue weighted by molar-refractivity contribution is 0.0633. The van der Waals surface area contributed by atoms with E-state index in [0.29, 0.717) is 18.9 Å². The summed E-state index contributed by atoms with van der Waals surface area (Å²) in [5, 5.41) is 18.5. The summed E-state index contributed by atoms with van der Waals surface area (Å²) in [6.45, 7) is 3.83. The fourth-order valence-electron chi connectivity index (χ4n) is 1.95. The highest BCUT2D eigenvalue weighted by Crippen LogP contribution is 2.21. The molecule has 0 atom stereocenters. The van der Waals surface area contributed by atoms with Crippen molar-refractivity contribution in [2.75, 3.05) is 5.73 Å². The van der Waals surface area contributed by atoms with Gasteiger partial charge in [-0.15, -0.1) is 0 Å². The number of benzene rings is 1. The molecule has 5 nitrogen and oxygen atoms in total. The highest BCUT2D eigenvalue weighted by Gasteiger charge is 2.17. The second kappa shape index (κ2) is 4.31. The molecule has 0 fully saturated rings. The van der Waals surface area contributed by atoms with Crippen molar-refractivity contribution in [2.24, 2.45) is 0 Å². The van der Waals surface area contributed by atoms with E-state index < -0.39 is 5.60 Å². The minimum absolute atomic E-state index is 0.355. The zero-order chi connectivity index (χ0) is 13.3. The number of hydrogen-bond acceptors (Lipinski definition) is 4. The largest absolute Gasteiger partial charge is 0.389 e. The van der Waals surface area contributed by atoms with Crippen LogP contribution in [0.2, 0.25) is 0 Å². The van der Waals surface area contributed by atoms with Crippen LogP contribution in [-0.4, -0.2) is 20.3 Å². The average Bonchev–Trinajstić information content (AvgIpc) is 2.53. The topological polar surface area (TPSA) is 87.9 Å². The van der Waals surface area contributed by atoms with Crippen molar-refractivity contribution < 1.29 is 5.11 Å². The fraction of sp³-hybridized carbons (Fsp3) is 0.385. The molecule has 0 spiro atoms. The molecule has 1 aromatic heterocycles. The minimum atomic E-state index is -0.854. The number of nitrogen functional groups attached to an aromatic ring is 1. The predicted octanol–water partition coefficient (Wildman–Crippen LogP) is 1.46. The van der Waals surface area contributed by atoms with Gasteiger partial charge in [-0.1, -0.05) is 6.07 Å². The van der Waals surface area contributed by atoms with E-state index >= 15 is 0 Å². The summed E-state index contributed by atoms with van der Waals surface area (Å²) in [7, 11) is 0. The lowest BCUT2D eigenvalue weighted by atomic mass is 10.1. The lowest BCUT2D eigenvalue weighted by Gasteiger charge is -2.19. The van der Waals surface area contributed by atoms with Gasteiger partial charge in [0.15, 0.2) is 0 Å². The molecule has 94 valence electrons. The van der Waals surface area contributed by atoms with Gasteiger partial charge in [-0.2, -0.15) is 5.26 Å². The number of nitriles is 1. The summed E-state index contributed by atoms with van der Waals surface area (Å²) in [5.41, 5.74) is 7.55. The van der Waals surface area contributed by atoms with Gasteiger partial charge in [0.25, 0.3) is 0 Å². The molecule has 3 N–H and O–H groups in total. The molecule has 5 heteroatoms. The van der Waals surface area contributed by atoms with Crippen LogP contribution in [0.5, 0.6) is 0 Å². The van der Waals surface area contributed by atoms with E-state index in [0.717, 1.165) is 16.6 Å². The Hall–Kier alpha value is -2.06. The monoisotopic (exact) mass is 244 g/mol. The molecule has 1 heterocycles. The highest BCUT2D eigenvalue weighted by molar-refractivity contribution is 5.79. The van der Waals surface area contributed by atoms with Gasteiger partial charge in [-0.05, 0) is 31.5 Å². The number of rotatable bonds is 3. The van der Waals surface area contributed by atoms with Crippen LogP contribution in [-0.2, 0) is 13.0 Å². The van der Waals surface area contributed by atoms with Crippen molar-refractivity contribution in [3.8, 4) is 6.07 Å². The van der Waals surface area contributed by atoms with Gasteiger partial charge in [0, 0.05) is 0 Å². The van der Waals surface area contributed by atoms with Crippen LogP contribution in [0.3, 0.4) is 0 Å². The Morgan fingerprint density at radius 2 is 2.22 bits per heavy atom. The van der Waals surface area contributed by atoms with E-state index in [4.69, 9.17) is 11.0 Å². The molecular weight excluding hydrogens is 228 g/mol. The third-order valence-electron chi connectivity index (χ3n) is 2.67. The number of hydrogen-bond donors (Lipinski definition) is 2. The first-order chi connectivity index (χ1) is 8.40. The zero-order valence-corrected chi connectivity index (χ0v) is 10.5. The van der Waals surface area contributed by atoms with Gasteiger partial charge >= 0.3 is 0 Å². The first-order valence-electron chi connectivity index (χ1n) is 5.75. The second-order valence-electron chi connectivity index (χ2n) is 5.03. The van der Waals surface area contributed by atoms with Gasteiger partial charge in [-0.25, -0.2) is 4.98 Å². The van der Waals surface area contributed by atoms with E-state index in [9.17, 15) is 5.11 Å². The molecule has 18 heavy (non-hydrogen) atoms. The smallest absolute Gasteiger partial charge is 0.201 e. The Morgan fingerprint density at radius 3 is 2.83 bits per heavy atom. The molecule has 0 saturated heterocycles. The lowest BCUT2D eigenvalue weighted by Crippen LogP contribution is -2.26. The van der Waals surface area contributed by atoms with Crippen LogP contribution in [0, 0.1) is 11.3 Å². The van der Waals surface area contributed by atoms with E-state index in [1.54, 1.807) is 18.4 Å². The molecule has 0 aliphatic carbocycles. The number of nitrogens with zero attached hydrogens (tertiary/aromatic N) is 3. The van der Waals surface area contributed by atoms with E-state index in [1.165, 1.54) is 0 Å². The number of fused-ring (bicyclic) bond motifs is 1. The third kappa shape index (κ3) is 2.44. The molecule has 2 aromatic rings. The molecule has 0 aliphatic heterocycles. The van der Waals surface area contributed by atoms with Gasteiger partial charge in [0.1, 0.15) is 0 Å². The Bertz CT molecular complexity index is 616. The van der Waals surface area contributed by atoms with Crippen LogP contribution in [0.15, 0.2) is 18.2 Å². The van der Waals surface area contributed by atoms with E-state index in [1.807, 2.05) is 18.2 Å². The Kier molecular flexibility index (Phi) is 2.97. The molecule has 2 rings (SSSR count). The Morgan fingerprint density at radius 1 is 1.50 bits per heavy atom. The molecule has 0 radical (unpaired) electrons. The van der Waals surface area contributed by atoms with Crippen molar-refractivity contribution in [1.82, 2.24) is 9.55 Å². The summed E-state index contributed by atoms with van der Waals surface area (Å²) < 4.78 is 1.78. The SMILES string of the molecule is CC(C)(O)Cn1c(N)nc2cc(CC#N)ccc21. The predicted molar refractivity (Wildman–Crippen MR) is 69.8 cm³/mol. The van der Waals surface area contributed by atoms with Crippen LogP contribution in [0.4, 0.5) is 5.95 Å².